The molecule has 1 N–H and O–H groups in total. The van der Waals surface area contributed by atoms with Crippen molar-refractivity contribution < 1.29 is 22.3 Å². The number of likely N-dealkylation sites (tertiary alicyclic amines) is 1. The van der Waals surface area contributed by atoms with E-state index < -0.39 is 17.9 Å². The lowest BCUT2D eigenvalue weighted by Gasteiger charge is -2.20. The van der Waals surface area contributed by atoms with Crippen LogP contribution in [0.1, 0.15) is 24.6 Å². The fourth-order valence-electron chi connectivity index (χ4n) is 3.06. The minimum absolute atomic E-state index is 0.394. The third-order valence-corrected chi connectivity index (χ3v) is 5.44. The molecule has 26 heavy (non-hydrogen) atoms. The summed E-state index contributed by atoms with van der Waals surface area (Å²) < 4.78 is 55.0. The molecule has 1 aromatic carbocycles. The molecule has 0 radical (unpaired) electrons. The van der Waals surface area contributed by atoms with E-state index in [-0.39, 0.29) is 0 Å². The third kappa shape index (κ3) is 4.27. The van der Waals surface area contributed by atoms with Crippen molar-refractivity contribution in [2.45, 2.75) is 38.7 Å². The molecule has 1 aromatic heterocycles. The van der Waals surface area contributed by atoms with Crippen LogP contribution in [0.2, 0.25) is 0 Å². The molecule has 2 heterocycles. The van der Waals surface area contributed by atoms with E-state index in [9.17, 15) is 17.6 Å². The molecule has 0 spiro atoms. The summed E-state index contributed by atoms with van der Waals surface area (Å²) in [6.45, 7) is 3.78. The Morgan fingerprint density at radius 2 is 2.15 bits per heavy atom. The fourth-order valence-corrected chi connectivity index (χ4v) is 4.02. The monoisotopic (exact) mass is 389 g/mol. The van der Waals surface area contributed by atoms with Crippen LogP contribution >= 0.6 is 11.3 Å². The molecule has 0 bridgehead atoms. The van der Waals surface area contributed by atoms with Crippen molar-refractivity contribution >= 4 is 16.5 Å². The van der Waals surface area contributed by atoms with E-state index in [1.165, 1.54) is 17.4 Å². The van der Waals surface area contributed by atoms with Crippen LogP contribution in [0.4, 0.5) is 22.7 Å². The van der Waals surface area contributed by atoms with Gasteiger partial charge in [0.05, 0.1) is 5.69 Å². The van der Waals surface area contributed by atoms with E-state index in [1.807, 2.05) is 0 Å². The van der Waals surface area contributed by atoms with Crippen LogP contribution in [0, 0.1) is 5.82 Å². The van der Waals surface area contributed by atoms with Gasteiger partial charge in [-0.2, -0.15) is 0 Å². The number of thiazole rings is 1. The molecule has 1 aliphatic heterocycles. The van der Waals surface area contributed by atoms with Crippen LogP contribution in [0.15, 0.2) is 18.2 Å². The van der Waals surface area contributed by atoms with Crippen LogP contribution in [0.3, 0.4) is 0 Å². The molecule has 1 atom stereocenters. The Labute approximate surface area is 152 Å². The van der Waals surface area contributed by atoms with Gasteiger partial charge in [0.25, 0.3) is 0 Å². The number of halogens is 4. The maximum atomic E-state index is 13.7. The highest BCUT2D eigenvalue weighted by molar-refractivity contribution is 7.16. The van der Waals surface area contributed by atoms with Crippen LogP contribution in [0.5, 0.6) is 5.75 Å². The topological polar surface area (TPSA) is 37.4 Å². The smallest absolute Gasteiger partial charge is 0.403 e. The Morgan fingerprint density at radius 3 is 2.77 bits per heavy atom. The summed E-state index contributed by atoms with van der Waals surface area (Å²) in [5, 5.41) is 3.62. The van der Waals surface area contributed by atoms with E-state index in [2.05, 4.69) is 26.9 Å². The zero-order valence-electron chi connectivity index (χ0n) is 14.4. The standard InChI is InChI=1S/C17H19F4N3OS/c1-10-4-3-7-24(10)9-14-15(23-16(22-2)26-14)11-5-6-12(18)13(8-11)25-17(19,20)21/h5-6,8,10H,3-4,7,9H2,1-2H3,(H,22,23). The summed E-state index contributed by atoms with van der Waals surface area (Å²) in [5.74, 6) is -1.92. The molecule has 2 aromatic rings. The van der Waals surface area contributed by atoms with Gasteiger partial charge in [-0.15, -0.1) is 24.5 Å². The van der Waals surface area contributed by atoms with Gasteiger partial charge in [-0.05, 0) is 44.5 Å². The summed E-state index contributed by atoms with van der Waals surface area (Å²) in [4.78, 5) is 7.69. The predicted molar refractivity (Wildman–Crippen MR) is 92.8 cm³/mol. The normalized spacial score (nSPS) is 18.3. The number of nitrogens with one attached hydrogen (secondary N) is 1. The lowest BCUT2D eigenvalue weighted by Crippen LogP contribution is -2.25. The minimum Gasteiger partial charge on any atom is -0.403 e. The van der Waals surface area contributed by atoms with E-state index in [1.54, 1.807) is 7.05 Å². The number of rotatable bonds is 5. The van der Waals surface area contributed by atoms with Gasteiger partial charge in [0.1, 0.15) is 0 Å². The molecule has 1 unspecified atom stereocenters. The van der Waals surface area contributed by atoms with Gasteiger partial charge in [-0.3, -0.25) is 4.90 Å². The van der Waals surface area contributed by atoms with Crippen LogP contribution < -0.4 is 10.1 Å². The molecule has 4 nitrogen and oxygen atoms in total. The number of hydrogen-bond donors (Lipinski definition) is 1. The highest BCUT2D eigenvalue weighted by Crippen LogP contribution is 2.36. The molecule has 0 saturated carbocycles. The fraction of sp³-hybridized carbons (Fsp3) is 0.471. The second-order valence-corrected chi connectivity index (χ2v) is 7.28. The van der Waals surface area contributed by atoms with Crippen molar-refractivity contribution in [1.29, 1.82) is 0 Å². The van der Waals surface area contributed by atoms with E-state index in [0.717, 1.165) is 36.4 Å². The van der Waals surface area contributed by atoms with Gasteiger partial charge in [-0.1, -0.05) is 0 Å². The summed E-state index contributed by atoms with van der Waals surface area (Å²) >= 11 is 1.45. The molecular weight excluding hydrogens is 370 g/mol. The maximum absolute atomic E-state index is 13.7. The molecule has 1 saturated heterocycles. The van der Waals surface area contributed by atoms with Crippen molar-refractivity contribution in [3.63, 3.8) is 0 Å². The van der Waals surface area contributed by atoms with Gasteiger partial charge in [-0.25, -0.2) is 9.37 Å². The van der Waals surface area contributed by atoms with Gasteiger partial charge in [0.2, 0.25) is 0 Å². The number of alkyl halides is 3. The highest BCUT2D eigenvalue weighted by atomic mass is 32.1. The summed E-state index contributed by atoms with van der Waals surface area (Å²) in [7, 11) is 1.73. The SMILES string of the molecule is CNc1nc(-c2ccc(F)c(OC(F)(F)F)c2)c(CN2CCCC2C)s1. The molecule has 142 valence electrons. The molecule has 0 aliphatic carbocycles. The second kappa shape index (κ2) is 7.40. The molecule has 1 aliphatic rings. The number of aromatic nitrogens is 1. The first-order chi connectivity index (χ1) is 12.3. The summed E-state index contributed by atoms with van der Waals surface area (Å²) in [6.07, 6.45) is -2.72. The number of benzene rings is 1. The number of hydrogen-bond acceptors (Lipinski definition) is 5. The lowest BCUT2D eigenvalue weighted by molar-refractivity contribution is -0.275. The average Bonchev–Trinajstić information content (AvgIpc) is 3.15. The maximum Gasteiger partial charge on any atom is 0.573 e. The van der Waals surface area contributed by atoms with Crippen LogP contribution in [0.25, 0.3) is 11.3 Å². The zero-order valence-corrected chi connectivity index (χ0v) is 15.2. The highest BCUT2D eigenvalue weighted by Gasteiger charge is 2.33. The third-order valence-electron chi connectivity index (χ3n) is 4.38. The second-order valence-electron chi connectivity index (χ2n) is 6.20. The summed E-state index contributed by atoms with van der Waals surface area (Å²) in [5.41, 5.74) is 0.940. The Bertz CT molecular complexity index is 778. The molecule has 0 amide bonds. The molecular formula is C17H19F4N3OS. The zero-order chi connectivity index (χ0) is 18.9. The summed E-state index contributed by atoms with van der Waals surface area (Å²) in [6, 6.07) is 3.88. The Balaban J connectivity index is 1.95. The Morgan fingerprint density at radius 1 is 1.38 bits per heavy atom. The number of nitrogens with zero attached hydrogens (tertiary/aromatic N) is 2. The van der Waals surface area contributed by atoms with Crippen molar-refractivity contribution in [3.8, 4) is 17.0 Å². The van der Waals surface area contributed by atoms with Gasteiger partial charge in [0.15, 0.2) is 16.7 Å². The van der Waals surface area contributed by atoms with Gasteiger partial charge in [0, 0.05) is 30.1 Å². The van der Waals surface area contributed by atoms with Gasteiger partial charge < -0.3 is 10.1 Å². The van der Waals surface area contributed by atoms with E-state index in [4.69, 9.17) is 0 Å². The average molecular weight is 389 g/mol. The molecule has 3 rings (SSSR count). The number of anilines is 1. The van der Waals surface area contributed by atoms with Crippen molar-refractivity contribution in [2.75, 3.05) is 18.9 Å². The first-order valence-electron chi connectivity index (χ1n) is 8.24. The van der Waals surface area contributed by atoms with Crippen LogP contribution in [-0.4, -0.2) is 35.9 Å². The Hall–Kier alpha value is -1.87. The van der Waals surface area contributed by atoms with Gasteiger partial charge >= 0.3 is 6.36 Å². The first-order valence-corrected chi connectivity index (χ1v) is 9.05. The Kier molecular flexibility index (Phi) is 5.38. The van der Waals surface area contributed by atoms with Crippen molar-refractivity contribution in [2.24, 2.45) is 0 Å². The molecule has 1 fully saturated rings. The van der Waals surface area contributed by atoms with E-state index in [0.29, 0.717) is 29.0 Å². The lowest BCUT2D eigenvalue weighted by atomic mass is 10.1. The largest absolute Gasteiger partial charge is 0.573 e. The minimum atomic E-state index is -4.95. The number of ether oxygens (including phenoxy) is 1. The first kappa shape index (κ1) is 18.9. The predicted octanol–water partition coefficient (Wildman–Crippen LogP) is 4.87. The quantitative estimate of drug-likeness (QED) is 0.740. The van der Waals surface area contributed by atoms with E-state index >= 15 is 0 Å². The van der Waals surface area contributed by atoms with Crippen LogP contribution in [-0.2, 0) is 6.54 Å². The van der Waals surface area contributed by atoms with Crippen molar-refractivity contribution in [3.05, 3.63) is 28.9 Å². The van der Waals surface area contributed by atoms with Crippen molar-refractivity contribution in [1.82, 2.24) is 9.88 Å². The molecule has 9 heteroatoms.